The van der Waals surface area contributed by atoms with Crippen LogP contribution in [0.4, 0.5) is 4.79 Å². The molecule has 136 valence electrons. The molecule has 0 unspecified atom stereocenters. The van der Waals surface area contributed by atoms with Crippen molar-refractivity contribution in [3.63, 3.8) is 0 Å². The quantitative estimate of drug-likeness (QED) is 0.736. The standard InChI is InChI=1S/C19H38N2O2/c1-7-9-15(10-8-2)20-16-11-13-17(14-12-16)21(6)18(22)23-19(3,4)5/h15-17,20H,7-14H2,1-6H3. The van der Waals surface area contributed by atoms with E-state index in [9.17, 15) is 4.79 Å². The molecule has 0 bridgehead atoms. The number of amides is 1. The zero-order valence-electron chi connectivity index (χ0n) is 16.2. The summed E-state index contributed by atoms with van der Waals surface area (Å²) in [6.07, 6.45) is 9.28. The van der Waals surface area contributed by atoms with Crippen LogP contribution < -0.4 is 5.32 Å². The first-order valence-electron chi connectivity index (χ1n) is 9.48. The van der Waals surface area contributed by atoms with Gasteiger partial charge in [-0.3, -0.25) is 0 Å². The van der Waals surface area contributed by atoms with Gasteiger partial charge in [-0.05, 0) is 59.3 Å². The molecule has 0 aromatic heterocycles. The lowest BCUT2D eigenvalue weighted by Gasteiger charge is -2.37. The molecule has 1 rings (SSSR count). The fourth-order valence-electron chi connectivity index (χ4n) is 3.45. The summed E-state index contributed by atoms with van der Waals surface area (Å²) < 4.78 is 5.48. The lowest BCUT2D eigenvalue weighted by atomic mass is 9.89. The molecule has 0 aliphatic heterocycles. The highest BCUT2D eigenvalue weighted by atomic mass is 16.6. The summed E-state index contributed by atoms with van der Waals surface area (Å²) in [5.74, 6) is 0. The Hall–Kier alpha value is -0.770. The normalized spacial score (nSPS) is 22.2. The van der Waals surface area contributed by atoms with Crippen molar-refractivity contribution in [3.05, 3.63) is 0 Å². The average Bonchev–Trinajstić information content (AvgIpc) is 2.46. The van der Waals surface area contributed by atoms with Gasteiger partial charge in [0.25, 0.3) is 0 Å². The van der Waals surface area contributed by atoms with Crippen molar-refractivity contribution in [3.8, 4) is 0 Å². The SMILES string of the molecule is CCCC(CCC)NC1CCC(N(C)C(=O)OC(C)(C)C)CC1. The number of hydrogen-bond acceptors (Lipinski definition) is 3. The topological polar surface area (TPSA) is 41.6 Å². The van der Waals surface area contributed by atoms with Gasteiger partial charge in [-0.15, -0.1) is 0 Å². The van der Waals surface area contributed by atoms with Crippen LogP contribution in [0, 0.1) is 0 Å². The van der Waals surface area contributed by atoms with Crippen LogP contribution in [0.1, 0.15) is 86.0 Å². The summed E-state index contributed by atoms with van der Waals surface area (Å²) >= 11 is 0. The van der Waals surface area contributed by atoms with Crippen LogP contribution in [0.15, 0.2) is 0 Å². The Morgan fingerprint density at radius 1 is 1.13 bits per heavy atom. The molecule has 0 heterocycles. The fraction of sp³-hybridized carbons (Fsp3) is 0.947. The minimum absolute atomic E-state index is 0.191. The van der Waals surface area contributed by atoms with Crippen LogP contribution >= 0.6 is 0 Å². The molecule has 0 atom stereocenters. The molecule has 0 aromatic carbocycles. The van der Waals surface area contributed by atoms with Crippen LogP contribution in [0.2, 0.25) is 0 Å². The van der Waals surface area contributed by atoms with Gasteiger partial charge >= 0.3 is 6.09 Å². The van der Waals surface area contributed by atoms with E-state index >= 15 is 0 Å². The maximum absolute atomic E-state index is 12.2. The first kappa shape index (κ1) is 20.3. The predicted octanol–water partition coefficient (Wildman–Crippen LogP) is 4.72. The molecule has 0 saturated heterocycles. The van der Waals surface area contributed by atoms with Gasteiger partial charge in [0.15, 0.2) is 0 Å². The lowest BCUT2D eigenvalue weighted by Crippen LogP contribution is -2.46. The molecule has 1 saturated carbocycles. The minimum atomic E-state index is -0.419. The Labute approximate surface area is 143 Å². The van der Waals surface area contributed by atoms with Gasteiger partial charge in [-0.1, -0.05) is 26.7 Å². The molecule has 1 aliphatic rings. The largest absolute Gasteiger partial charge is 0.444 e. The molecular weight excluding hydrogens is 288 g/mol. The van der Waals surface area contributed by atoms with Gasteiger partial charge in [0.05, 0.1) is 0 Å². The van der Waals surface area contributed by atoms with Crippen molar-refractivity contribution in [2.45, 2.75) is 110 Å². The molecule has 1 N–H and O–H groups in total. The van der Waals surface area contributed by atoms with Gasteiger partial charge in [-0.2, -0.15) is 0 Å². The summed E-state index contributed by atoms with van der Waals surface area (Å²) in [5, 5.41) is 3.85. The molecule has 1 amide bonds. The van der Waals surface area contributed by atoms with E-state index in [2.05, 4.69) is 19.2 Å². The summed E-state index contributed by atoms with van der Waals surface area (Å²) in [4.78, 5) is 14.0. The zero-order chi connectivity index (χ0) is 17.5. The number of rotatable bonds is 7. The Bertz CT molecular complexity index is 338. The van der Waals surface area contributed by atoms with Crippen LogP contribution in [0.5, 0.6) is 0 Å². The van der Waals surface area contributed by atoms with Crippen LogP contribution in [0.25, 0.3) is 0 Å². The van der Waals surface area contributed by atoms with E-state index in [4.69, 9.17) is 4.74 Å². The van der Waals surface area contributed by atoms with E-state index in [1.165, 1.54) is 25.7 Å². The molecule has 1 fully saturated rings. The summed E-state index contributed by atoms with van der Waals surface area (Å²) in [5.41, 5.74) is -0.419. The maximum atomic E-state index is 12.2. The van der Waals surface area contributed by atoms with Crippen LogP contribution in [-0.2, 0) is 4.74 Å². The van der Waals surface area contributed by atoms with E-state index in [-0.39, 0.29) is 6.09 Å². The van der Waals surface area contributed by atoms with Crippen LogP contribution in [0.3, 0.4) is 0 Å². The minimum Gasteiger partial charge on any atom is -0.444 e. The number of carbonyl (C=O) groups is 1. The highest BCUT2D eigenvalue weighted by Gasteiger charge is 2.29. The van der Waals surface area contributed by atoms with Crippen molar-refractivity contribution in [1.29, 1.82) is 0 Å². The smallest absolute Gasteiger partial charge is 0.410 e. The Kier molecular flexibility index (Phi) is 8.38. The second-order valence-electron chi connectivity index (χ2n) is 8.04. The Morgan fingerprint density at radius 2 is 1.65 bits per heavy atom. The first-order valence-corrected chi connectivity index (χ1v) is 9.48. The molecule has 23 heavy (non-hydrogen) atoms. The third-order valence-corrected chi connectivity index (χ3v) is 4.67. The second kappa shape index (κ2) is 9.51. The molecule has 4 nitrogen and oxygen atoms in total. The Morgan fingerprint density at radius 3 is 2.09 bits per heavy atom. The molecule has 0 aromatic rings. The maximum Gasteiger partial charge on any atom is 0.410 e. The van der Waals surface area contributed by atoms with Gasteiger partial charge in [0, 0.05) is 25.2 Å². The van der Waals surface area contributed by atoms with E-state index < -0.39 is 5.60 Å². The van der Waals surface area contributed by atoms with Crippen molar-refractivity contribution in [1.82, 2.24) is 10.2 Å². The summed E-state index contributed by atoms with van der Waals surface area (Å²) in [6.45, 7) is 10.3. The molecular formula is C19H38N2O2. The third kappa shape index (κ3) is 7.56. The van der Waals surface area contributed by atoms with E-state index in [1.807, 2.05) is 27.8 Å². The third-order valence-electron chi connectivity index (χ3n) is 4.67. The number of carbonyl (C=O) groups excluding carboxylic acids is 1. The molecule has 1 aliphatic carbocycles. The van der Waals surface area contributed by atoms with Gasteiger partial charge < -0.3 is 15.0 Å². The number of ether oxygens (including phenoxy) is 1. The average molecular weight is 327 g/mol. The zero-order valence-corrected chi connectivity index (χ0v) is 16.2. The van der Waals surface area contributed by atoms with E-state index in [0.717, 1.165) is 25.7 Å². The lowest BCUT2D eigenvalue weighted by molar-refractivity contribution is 0.0177. The molecule has 0 spiro atoms. The van der Waals surface area contributed by atoms with Crippen molar-refractivity contribution >= 4 is 6.09 Å². The van der Waals surface area contributed by atoms with E-state index in [1.54, 1.807) is 4.90 Å². The molecule has 0 radical (unpaired) electrons. The highest BCUT2D eigenvalue weighted by molar-refractivity contribution is 5.68. The number of nitrogens with zero attached hydrogens (tertiary/aromatic N) is 1. The second-order valence-corrected chi connectivity index (χ2v) is 8.04. The van der Waals surface area contributed by atoms with Gasteiger partial charge in [0.1, 0.15) is 5.60 Å². The number of nitrogens with one attached hydrogen (secondary N) is 1. The van der Waals surface area contributed by atoms with Gasteiger partial charge in [0.2, 0.25) is 0 Å². The number of hydrogen-bond donors (Lipinski definition) is 1. The van der Waals surface area contributed by atoms with Crippen LogP contribution in [-0.4, -0.2) is 41.8 Å². The van der Waals surface area contributed by atoms with Crippen molar-refractivity contribution < 1.29 is 9.53 Å². The fourth-order valence-corrected chi connectivity index (χ4v) is 3.45. The highest BCUT2D eigenvalue weighted by Crippen LogP contribution is 2.25. The van der Waals surface area contributed by atoms with Crippen molar-refractivity contribution in [2.75, 3.05) is 7.05 Å². The van der Waals surface area contributed by atoms with Crippen molar-refractivity contribution in [2.24, 2.45) is 0 Å². The Balaban J connectivity index is 2.40. The van der Waals surface area contributed by atoms with Gasteiger partial charge in [-0.25, -0.2) is 4.79 Å². The monoisotopic (exact) mass is 326 g/mol. The summed E-state index contributed by atoms with van der Waals surface area (Å²) in [6, 6.07) is 1.59. The van der Waals surface area contributed by atoms with E-state index in [0.29, 0.717) is 18.1 Å². The first-order chi connectivity index (χ1) is 10.8. The predicted molar refractivity (Wildman–Crippen MR) is 96.8 cm³/mol. The summed E-state index contributed by atoms with van der Waals surface area (Å²) in [7, 11) is 1.88. The molecule has 4 heteroatoms.